The maximum Gasteiger partial charge on any atom is 0.415 e. The number of fused-ring (bicyclic) bond motifs is 3. The molecule has 3 aliphatic heterocycles. The summed E-state index contributed by atoms with van der Waals surface area (Å²) in [5, 5.41) is 24.4. The second-order valence-corrected chi connectivity index (χ2v) is 34.5. The zero-order chi connectivity index (χ0) is 95.7. The lowest BCUT2D eigenvalue weighted by atomic mass is 9.87. The number of carbonyl (C=O) groups is 9. The highest BCUT2D eigenvalue weighted by atomic mass is 16.7. The highest BCUT2D eigenvalue weighted by Crippen LogP contribution is 2.42. The molecule has 6 aromatic heterocycles. The van der Waals surface area contributed by atoms with E-state index in [1.54, 1.807) is 49.5 Å². The van der Waals surface area contributed by atoms with Crippen LogP contribution in [0.15, 0.2) is 221 Å². The van der Waals surface area contributed by atoms with Crippen LogP contribution in [0, 0.1) is 17.3 Å². The van der Waals surface area contributed by atoms with Crippen LogP contribution in [0.4, 0.5) is 31.8 Å². The van der Waals surface area contributed by atoms with Crippen LogP contribution in [0.1, 0.15) is 148 Å². The van der Waals surface area contributed by atoms with Gasteiger partial charge in [0.05, 0.1) is 45.6 Å². The van der Waals surface area contributed by atoms with Crippen molar-refractivity contribution in [1.82, 2.24) is 73.9 Å². The van der Waals surface area contributed by atoms with E-state index in [-0.39, 0.29) is 71.2 Å². The predicted octanol–water partition coefficient (Wildman–Crippen LogP) is 18.6. The molecule has 9 heterocycles. The molecule has 12 aromatic rings. The second kappa shape index (κ2) is 45.8. The molecule has 710 valence electrons. The lowest BCUT2D eigenvalue weighted by Gasteiger charge is -2.32. The number of piperidine rings is 3. The van der Waals surface area contributed by atoms with Gasteiger partial charge >= 0.3 is 36.2 Å². The van der Waals surface area contributed by atoms with Crippen molar-refractivity contribution in [2.24, 2.45) is 17.3 Å². The number of para-hydroxylation sites is 3. The maximum atomic E-state index is 12.9. The number of likely N-dealkylation sites (tertiary alicyclic amines) is 3. The highest BCUT2D eigenvalue weighted by Gasteiger charge is 2.35. The molecule has 0 radical (unpaired) electrons. The number of anilines is 3. The first kappa shape index (κ1) is 95.8. The quantitative estimate of drug-likeness (QED) is 0.0186. The van der Waals surface area contributed by atoms with Crippen molar-refractivity contribution in [3.05, 3.63) is 221 Å². The monoisotopic (exact) mass is 1860 g/mol. The van der Waals surface area contributed by atoms with Gasteiger partial charge in [-0.15, -0.1) is 0 Å². The first-order valence-electron chi connectivity index (χ1n) is 45.9. The van der Waals surface area contributed by atoms with Gasteiger partial charge in [0.1, 0.15) is 70.6 Å². The van der Waals surface area contributed by atoms with E-state index in [1.807, 2.05) is 164 Å². The summed E-state index contributed by atoms with van der Waals surface area (Å²) in [6.45, 7) is 17.6. The van der Waals surface area contributed by atoms with Gasteiger partial charge in [0, 0.05) is 62.4 Å². The largest absolute Gasteiger partial charge is 0.457 e. The smallest absolute Gasteiger partial charge is 0.415 e. The lowest BCUT2D eigenvalue weighted by molar-refractivity contribution is -0.161. The summed E-state index contributed by atoms with van der Waals surface area (Å²) in [6, 6.07) is 50.1. The van der Waals surface area contributed by atoms with E-state index in [1.165, 1.54) is 43.6 Å². The van der Waals surface area contributed by atoms with Crippen molar-refractivity contribution in [2.45, 2.75) is 148 Å². The van der Waals surface area contributed by atoms with Crippen LogP contribution in [-0.4, -0.2) is 188 Å². The van der Waals surface area contributed by atoms with Gasteiger partial charge in [0.15, 0.2) is 34.4 Å². The number of benzene rings is 6. The molecule has 0 bridgehead atoms. The number of carbonyl (C=O) groups excluding carboxylic acids is 9. The Labute approximate surface area is 790 Å². The summed E-state index contributed by atoms with van der Waals surface area (Å²) < 4.78 is 54.2. The third kappa shape index (κ3) is 24.8. The van der Waals surface area contributed by atoms with Crippen LogP contribution in [0.2, 0.25) is 0 Å². The van der Waals surface area contributed by atoms with Gasteiger partial charge in [-0.3, -0.25) is 44.7 Å². The number of esters is 3. The van der Waals surface area contributed by atoms with Gasteiger partial charge in [0.25, 0.3) is 0 Å². The molecular weight excluding hydrogens is 1750 g/mol. The number of nitrogens with one attached hydrogen (secondary N) is 3. The predicted molar refractivity (Wildman–Crippen MR) is 507 cm³/mol. The SMILES string of the molecule is C=CC(=O)N1CCC[C@@H](n2nc(-c3ccc(Oc4ccccc4)cc3)c3c(NC(=O)OCOC(=O)C(C)(C)C)ncnc32)C1.C=CC(=O)N1CCC[C@@H](n2nc(-c3ccc(Oc4ccccc4)cc3)c3c(NC(=O)OCOC(=O)C4CCCCC4)ncnc32)C1.C=CC(=O)N1CCC[C@@H](n2nc(-c3ccc(Oc4ccccc4)cc3)c3c(NC(=O)OCOC(=O)CC4CCCCC4)ncnc32)C1. The minimum Gasteiger partial charge on any atom is -0.457 e. The number of hydrogen-bond donors (Lipinski definition) is 3. The van der Waals surface area contributed by atoms with E-state index < -0.39 is 50.0 Å². The number of amides is 6. The van der Waals surface area contributed by atoms with Gasteiger partial charge in [0.2, 0.25) is 38.1 Å². The van der Waals surface area contributed by atoms with Crippen molar-refractivity contribution >= 4 is 104 Å². The minimum absolute atomic E-state index is 0.139. The Hall–Kier alpha value is -15.8. The van der Waals surface area contributed by atoms with Gasteiger partial charge in [-0.2, -0.15) is 15.3 Å². The molecule has 5 fully saturated rings. The van der Waals surface area contributed by atoms with Gasteiger partial charge < -0.3 is 57.3 Å². The van der Waals surface area contributed by atoms with Crippen LogP contribution >= 0.6 is 0 Å². The van der Waals surface area contributed by atoms with E-state index in [4.69, 9.17) is 57.9 Å². The Balaban J connectivity index is 0.000000156. The topological polar surface area (TPSA) is 413 Å². The fourth-order valence-electron chi connectivity index (χ4n) is 17.1. The third-order valence-electron chi connectivity index (χ3n) is 24.0. The molecule has 5 aliphatic rings. The molecule has 3 atom stereocenters. The Morgan fingerprint density at radius 2 is 0.679 bits per heavy atom. The number of nitrogens with zero attached hydrogens (tertiary/aromatic N) is 15. The average molecular weight is 1860 g/mol. The summed E-state index contributed by atoms with van der Waals surface area (Å²) in [5.74, 6) is 3.10. The van der Waals surface area contributed by atoms with E-state index in [0.29, 0.717) is 136 Å². The van der Waals surface area contributed by atoms with Crippen molar-refractivity contribution in [3.63, 3.8) is 0 Å². The lowest BCUT2D eigenvalue weighted by Crippen LogP contribution is -2.40. The molecule has 2 aliphatic carbocycles. The molecule has 17 rings (SSSR count). The fraction of sp³-hybridized carbons (Fsp3) is 0.347. The summed E-state index contributed by atoms with van der Waals surface area (Å²) in [7, 11) is 0. The molecule has 36 nitrogen and oxygen atoms in total. The van der Waals surface area contributed by atoms with E-state index >= 15 is 0 Å². The van der Waals surface area contributed by atoms with Gasteiger partial charge in [-0.1, -0.05) is 113 Å². The standard InChI is InChI=1S/C35H38N6O6.C34H36N6O6.C32H34N6O6/c1-2-29(42)40-19-9-12-26(21-40)41-34-31(32(39-41)25-15-17-28(18-16-25)47-27-13-7-4-8-14-27)33(36-22-37-34)38-35(44)46-23-45-30(43)20-24-10-5-3-6-11-24;1-2-28(41)39-19-9-12-25(20-39)40-32-29(30(38-40)23-15-17-27(18-16-23)46-26-13-7-4-8-14-26)31(35-21-36-32)37-34(43)45-22-44-33(42)24-10-5-3-6-11-24;1-5-25(39)37-17-9-10-22(18-37)38-29-26(28(33-19-34-29)35-31(41)43-20-42-30(40)32(2,3)4)27(36-38)21-13-15-24(16-14-21)44-23-11-7-6-8-12-23/h2,4,7-8,13-18,22,24,26H,1,3,5-6,9-12,19-21,23H2,(H,36,37,38,44);2,4,7-8,13-18,21,24-25H,1,3,5-6,9-12,19-20,22H2,(H,35,36,37,43);5-8,11-16,19,22H,1,9-10,17-18,20H2,2-4H3,(H,33,34,35,41)/t26-;25-;22-/m111/s1. The van der Waals surface area contributed by atoms with E-state index in [9.17, 15) is 43.2 Å². The Kier molecular flexibility index (Phi) is 32.0. The average Bonchev–Trinajstić information content (AvgIpc) is 1.61. The molecule has 3 saturated heterocycles. The summed E-state index contributed by atoms with van der Waals surface area (Å²) in [5.41, 5.74) is 4.53. The van der Waals surface area contributed by atoms with Gasteiger partial charge in [-0.05, 0) is 218 Å². The highest BCUT2D eigenvalue weighted by molar-refractivity contribution is 6.06. The van der Waals surface area contributed by atoms with E-state index in [2.05, 4.69) is 65.6 Å². The first-order valence-corrected chi connectivity index (χ1v) is 45.9. The molecule has 3 N–H and O–H groups in total. The zero-order valence-electron chi connectivity index (χ0n) is 76.5. The normalized spacial score (nSPS) is 16.2. The number of aromatic nitrogens is 12. The summed E-state index contributed by atoms with van der Waals surface area (Å²) in [6.07, 6.45) is 20.6. The molecule has 0 unspecified atom stereocenters. The second-order valence-electron chi connectivity index (χ2n) is 34.5. The van der Waals surface area contributed by atoms with Crippen LogP contribution in [0.5, 0.6) is 34.5 Å². The van der Waals surface area contributed by atoms with Crippen molar-refractivity contribution in [3.8, 4) is 68.3 Å². The zero-order valence-corrected chi connectivity index (χ0v) is 76.5. The third-order valence-corrected chi connectivity index (χ3v) is 24.0. The first-order chi connectivity index (χ1) is 66.6. The van der Waals surface area contributed by atoms with Crippen molar-refractivity contribution in [2.75, 3.05) is 75.6 Å². The van der Waals surface area contributed by atoms with Crippen LogP contribution in [-0.2, 0) is 57.2 Å². The van der Waals surface area contributed by atoms with Crippen LogP contribution in [0.25, 0.3) is 66.9 Å². The van der Waals surface area contributed by atoms with Crippen LogP contribution in [0.3, 0.4) is 0 Å². The molecular formula is C101H108N18O18. The van der Waals surface area contributed by atoms with E-state index in [0.717, 1.165) is 113 Å². The fourth-order valence-corrected chi connectivity index (χ4v) is 17.1. The van der Waals surface area contributed by atoms with Crippen molar-refractivity contribution < 1.29 is 85.8 Å². The molecule has 6 aromatic carbocycles. The number of hydrogen-bond acceptors (Lipinski definition) is 27. The molecule has 137 heavy (non-hydrogen) atoms. The Bertz CT molecular complexity index is 6280. The molecule has 2 saturated carbocycles. The van der Waals surface area contributed by atoms with Gasteiger partial charge in [-0.25, -0.2) is 58.3 Å². The maximum absolute atomic E-state index is 12.9. The molecule has 36 heteroatoms. The Morgan fingerprint density at radius 1 is 0.365 bits per heavy atom. The summed E-state index contributed by atoms with van der Waals surface area (Å²) in [4.78, 5) is 144. The van der Waals surface area contributed by atoms with Crippen LogP contribution < -0.4 is 30.2 Å². The molecule has 6 amide bonds. The minimum atomic E-state index is -0.863. The molecule has 0 spiro atoms. The number of rotatable bonds is 27. The van der Waals surface area contributed by atoms with Crippen molar-refractivity contribution in [1.29, 1.82) is 0 Å². The Morgan fingerprint density at radius 3 is 1.01 bits per heavy atom. The summed E-state index contributed by atoms with van der Waals surface area (Å²) >= 11 is 0. The number of ether oxygens (including phenoxy) is 9.